The minimum atomic E-state index is 0.548. The van der Waals surface area contributed by atoms with E-state index in [-0.39, 0.29) is 0 Å². The molecule has 2 aliphatic carbocycles. The van der Waals surface area contributed by atoms with Crippen LogP contribution in [0.5, 0.6) is 0 Å². The average molecular weight is 475 g/mol. The first-order valence-electron chi connectivity index (χ1n) is 14.0. The molecule has 2 saturated carbocycles. The fourth-order valence-corrected chi connectivity index (χ4v) is 6.99. The van der Waals surface area contributed by atoms with Gasteiger partial charge in [-0.1, -0.05) is 87.1 Å². The molecule has 3 heteroatoms. The van der Waals surface area contributed by atoms with Crippen molar-refractivity contribution in [1.82, 2.24) is 9.55 Å². The van der Waals surface area contributed by atoms with Crippen LogP contribution in [0.4, 0.5) is 0 Å². The van der Waals surface area contributed by atoms with E-state index in [0.29, 0.717) is 11.8 Å². The highest BCUT2D eigenvalue weighted by Gasteiger charge is 2.31. The molecule has 0 radical (unpaired) electrons. The highest BCUT2D eigenvalue weighted by Crippen LogP contribution is 2.48. The van der Waals surface area contributed by atoms with Crippen LogP contribution in [0.25, 0.3) is 39.0 Å². The van der Waals surface area contributed by atoms with Crippen molar-refractivity contribution in [3.63, 3.8) is 0 Å². The fourth-order valence-electron chi connectivity index (χ4n) is 6.99. The molecule has 0 aliphatic heterocycles. The van der Waals surface area contributed by atoms with Crippen molar-refractivity contribution in [2.24, 2.45) is 0 Å². The van der Waals surface area contributed by atoms with Crippen molar-refractivity contribution in [1.29, 1.82) is 0 Å². The van der Waals surface area contributed by atoms with E-state index in [9.17, 15) is 0 Å². The molecule has 2 aliphatic rings. The zero-order valence-corrected chi connectivity index (χ0v) is 21.0. The molecule has 182 valence electrons. The third-order valence-corrected chi connectivity index (χ3v) is 8.68. The van der Waals surface area contributed by atoms with Crippen LogP contribution in [-0.2, 0) is 0 Å². The second-order valence-corrected chi connectivity index (χ2v) is 10.9. The second-order valence-electron chi connectivity index (χ2n) is 10.9. The van der Waals surface area contributed by atoms with Crippen LogP contribution in [0.2, 0.25) is 0 Å². The van der Waals surface area contributed by atoms with Gasteiger partial charge in [-0.2, -0.15) is 0 Å². The summed E-state index contributed by atoms with van der Waals surface area (Å²) >= 11 is 0. The number of hydrogen-bond acceptors (Lipinski definition) is 2. The number of furan rings is 1. The lowest BCUT2D eigenvalue weighted by molar-refractivity contribution is 0.435. The monoisotopic (exact) mass is 474 g/mol. The van der Waals surface area contributed by atoms with Crippen molar-refractivity contribution in [3.05, 3.63) is 84.2 Å². The predicted octanol–water partition coefficient (Wildman–Crippen LogP) is 9.53. The molecule has 0 bridgehead atoms. The van der Waals surface area contributed by atoms with E-state index in [1.807, 2.05) is 6.20 Å². The SMILES string of the molecule is c1ccc(-c2nccn2-c2c(C3CCCCC3)cc3oc4ccccc4c3c2C2CCCCC2)cc1. The second kappa shape index (κ2) is 9.28. The summed E-state index contributed by atoms with van der Waals surface area (Å²) in [6.07, 6.45) is 17.2. The Kier molecular flexibility index (Phi) is 5.65. The molecule has 7 rings (SSSR count). The topological polar surface area (TPSA) is 31.0 Å². The molecule has 3 aromatic carbocycles. The molecule has 0 amide bonds. The van der Waals surface area contributed by atoms with Crippen LogP contribution in [0.1, 0.15) is 87.2 Å². The third kappa shape index (κ3) is 3.68. The lowest BCUT2D eigenvalue weighted by Crippen LogP contribution is -2.15. The molecule has 2 fully saturated rings. The Balaban J connectivity index is 1.58. The van der Waals surface area contributed by atoms with Crippen LogP contribution >= 0.6 is 0 Å². The van der Waals surface area contributed by atoms with Gasteiger partial charge in [0.05, 0.1) is 5.69 Å². The molecule has 2 heterocycles. The van der Waals surface area contributed by atoms with Gasteiger partial charge in [0.25, 0.3) is 0 Å². The molecular formula is C33H34N2O. The smallest absolute Gasteiger partial charge is 0.144 e. The predicted molar refractivity (Wildman–Crippen MR) is 148 cm³/mol. The normalized spacial score (nSPS) is 17.8. The van der Waals surface area contributed by atoms with E-state index in [4.69, 9.17) is 9.40 Å². The molecule has 0 spiro atoms. The minimum Gasteiger partial charge on any atom is -0.456 e. The molecule has 2 aromatic heterocycles. The number of rotatable bonds is 4. The van der Waals surface area contributed by atoms with Gasteiger partial charge in [0, 0.05) is 28.7 Å². The zero-order valence-electron chi connectivity index (χ0n) is 21.0. The van der Waals surface area contributed by atoms with E-state index < -0.39 is 0 Å². The Morgan fingerprint density at radius 2 is 1.42 bits per heavy atom. The van der Waals surface area contributed by atoms with Gasteiger partial charge in [-0.3, -0.25) is 4.57 Å². The van der Waals surface area contributed by atoms with E-state index in [1.165, 1.54) is 97.4 Å². The van der Waals surface area contributed by atoms with Crippen LogP contribution in [-0.4, -0.2) is 9.55 Å². The summed E-state index contributed by atoms with van der Waals surface area (Å²) in [6.45, 7) is 0. The Bertz CT molecular complexity index is 1500. The molecule has 0 N–H and O–H groups in total. The Labute approximate surface area is 213 Å². The van der Waals surface area contributed by atoms with Crippen LogP contribution in [0, 0.1) is 0 Å². The van der Waals surface area contributed by atoms with Crippen molar-refractivity contribution in [2.75, 3.05) is 0 Å². The largest absolute Gasteiger partial charge is 0.456 e. The van der Waals surface area contributed by atoms with Crippen LogP contribution in [0.3, 0.4) is 0 Å². The maximum Gasteiger partial charge on any atom is 0.144 e. The molecule has 5 aromatic rings. The molecule has 36 heavy (non-hydrogen) atoms. The molecule has 0 atom stereocenters. The summed E-state index contributed by atoms with van der Waals surface area (Å²) in [5.74, 6) is 2.16. The fraction of sp³-hybridized carbons (Fsp3) is 0.364. The van der Waals surface area contributed by atoms with Gasteiger partial charge in [0.2, 0.25) is 0 Å². The summed E-state index contributed by atoms with van der Waals surface area (Å²) < 4.78 is 9.00. The van der Waals surface area contributed by atoms with Crippen molar-refractivity contribution < 1.29 is 4.42 Å². The van der Waals surface area contributed by atoms with Crippen molar-refractivity contribution in [2.45, 2.75) is 76.0 Å². The first-order valence-corrected chi connectivity index (χ1v) is 14.0. The molecule has 0 saturated heterocycles. The Morgan fingerprint density at radius 3 is 2.19 bits per heavy atom. The van der Waals surface area contributed by atoms with Crippen molar-refractivity contribution >= 4 is 21.9 Å². The number of benzene rings is 3. The molecular weight excluding hydrogens is 440 g/mol. The highest BCUT2D eigenvalue weighted by atomic mass is 16.3. The quantitative estimate of drug-likeness (QED) is 0.260. The van der Waals surface area contributed by atoms with Crippen molar-refractivity contribution in [3.8, 4) is 17.1 Å². The van der Waals surface area contributed by atoms with E-state index >= 15 is 0 Å². The third-order valence-electron chi connectivity index (χ3n) is 8.68. The van der Waals surface area contributed by atoms with Gasteiger partial charge in [-0.25, -0.2) is 4.98 Å². The number of nitrogens with zero attached hydrogens (tertiary/aromatic N) is 2. The Morgan fingerprint density at radius 1 is 0.722 bits per heavy atom. The highest BCUT2D eigenvalue weighted by molar-refractivity contribution is 6.08. The van der Waals surface area contributed by atoms with Crippen LogP contribution in [0.15, 0.2) is 77.5 Å². The standard InChI is InChI=1S/C33H34N2O/c1-4-12-23(13-5-1)27-22-29-31(26-18-10-11-19-28(26)36-29)30(24-14-6-2-7-15-24)32(27)35-21-20-34-33(35)25-16-8-3-9-17-25/h3,8-11,16-24H,1-2,4-7,12-15H2. The lowest BCUT2D eigenvalue weighted by atomic mass is 9.77. The maximum atomic E-state index is 6.58. The summed E-state index contributed by atoms with van der Waals surface area (Å²) in [5.41, 5.74) is 7.62. The number of para-hydroxylation sites is 1. The average Bonchev–Trinajstić information content (AvgIpc) is 3.58. The van der Waals surface area contributed by atoms with Gasteiger partial charge in [-0.15, -0.1) is 0 Å². The van der Waals surface area contributed by atoms with E-state index in [0.717, 1.165) is 17.0 Å². The first-order chi connectivity index (χ1) is 17.9. The summed E-state index contributed by atoms with van der Waals surface area (Å²) in [6, 6.07) is 21.7. The number of imidazole rings is 1. The van der Waals surface area contributed by atoms with Gasteiger partial charge in [-0.05, 0) is 60.8 Å². The summed E-state index contributed by atoms with van der Waals surface area (Å²) in [4.78, 5) is 4.90. The van der Waals surface area contributed by atoms with Gasteiger partial charge in [0.15, 0.2) is 0 Å². The zero-order chi connectivity index (χ0) is 23.9. The van der Waals surface area contributed by atoms with E-state index in [1.54, 1.807) is 0 Å². The van der Waals surface area contributed by atoms with Gasteiger partial charge >= 0.3 is 0 Å². The number of hydrogen-bond donors (Lipinski definition) is 0. The summed E-state index contributed by atoms with van der Waals surface area (Å²) in [5, 5.41) is 2.59. The lowest BCUT2D eigenvalue weighted by Gasteiger charge is -2.31. The Hall–Kier alpha value is -3.33. The number of aromatic nitrogens is 2. The molecule has 0 unspecified atom stereocenters. The van der Waals surface area contributed by atoms with E-state index in [2.05, 4.69) is 71.4 Å². The minimum absolute atomic E-state index is 0.548. The van der Waals surface area contributed by atoms with Gasteiger partial charge in [0.1, 0.15) is 17.0 Å². The summed E-state index contributed by atoms with van der Waals surface area (Å²) in [7, 11) is 0. The maximum absolute atomic E-state index is 6.58. The van der Waals surface area contributed by atoms with Crippen LogP contribution < -0.4 is 0 Å². The van der Waals surface area contributed by atoms with Gasteiger partial charge < -0.3 is 4.42 Å². The first kappa shape index (κ1) is 21.9. The number of fused-ring (bicyclic) bond motifs is 3. The molecule has 3 nitrogen and oxygen atoms in total.